The fraction of sp³-hybridized carbons (Fsp3) is 0.273. The van der Waals surface area contributed by atoms with Gasteiger partial charge >= 0.3 is 0 Å². The van der Waals surface area contributed by atoms with Crippen LogP contribution in [0.3, 0.4) is 0 Å². The van der Waals surface area contributed by atoms with E-state index in [9.17, 15) is 0 Å². The maximum Gasteiger partial charge on any atom is 0.123 e. The molecule has 0 aliphatic carbocycles. The Morgan fingerprint density at radius 1 is 1.50 bits per heavy atom. The summed E-state index contributed by atoms with van der Waals surface area (Å²) in [6.07, 6.45) is 0.811. The van der Waals surface area contributed by atoms with Gasteiger partial charge in [-0.25, -0.2) is 0 Å². The van der Waals surface area contributed by atoms with Gasteiger partial charge in [-0.1, -0.05) is 12.2 Å². The monoisotopic (exact) mass is 210 g/mol. The van der Waals surface area contributed by atoms with Crippen LogP contribution in [0.15, 0.2) is 30.4 Å². The standard InChI is InChI=1S/C11H15O2P/c1-8(2)6-9-7-10(13-14)4-5-11(9)12-3/h4-5,7H,1,6,14H2,2-3H3. The van der Waals surface area contributed by atoms with Crippen molar-refractivity contribution in [3.8, 4) is 11.5 Å². The van der Waals surface area contributed by atoms with E-state index in [2.05, 4.69) is 16.0 Å². The summed E-state index contributed by atoms with van der Waals surface area (Å²) >= 11 is 0. The fourth-order valence-electron chi connectivity index (χ4n) is 1.29. The second-order valence-corrected chi connectivity index (χ2v) is 3.46. The third-order valence-corrected chi connectivity index (χ3v) is 2.15. The zero-order valence-corrected chi connectivity index (χ0v) is 9.69. The summed E-state index contributed by atoms with van der Waals surface area (Å²) in [4.78, 5) is 0. The van der Waals surface area contributed by atoms with E-state index in [1.807, 2.05) is 25.1 Å². The zero-order chi connectivity index (χ0) is 10.6. The van der Waals surface area contributed by atoms with Crippen LogP contribution in [0.4, 0.5) is 0 Å². The second-order valence-electron chi connectivity index (χ2n) is 3.23. The molecule has 0 aliphatic rings. The lowest BCUT2D eigenvalue weighted by molar-refractivity contribution is 0.410. The van der Waals surface area contributed by atoms with Crippen molar-refractivity contribution in [2.24, 2.45) is 0 Å². The number of methoxy groups -OCH3 is 1. The van der Waals surface area contributed by atoms with E-state index < -0.39 is 0 Å². The van der Waals surface area contributed by atoms with Crippen molar-refractivity contribution in [1.29, 1.82) is 0 Å². The van der Waals surface area contributed by atoms with E-state index in [1.165, 1.54) is 0 Å². The molecule has 0 fully saturated rings. The SMILES string of the molecule is C=C(C)Cc1cc(OP)ccc1OC. The van der Waals surface area contributed by atoms with Gasteiger partial charge in [-0.2, -0.15) is 0 Å². The quantitative estimate of drug-likeness (QED) is 0.561. The number of hydrogen-bond acceptors (Lipinski definition) is 2. The van der Waals surface area contributed by atoms with Crippen LogP contribution >= 0.6 is 9.47 Å². The first-order valence-electron chi connectivity index (χ1n) is 4.35. The van der Waals surface area contributed by atoms with Gasteiger partial charge in [0, 0.05) is 5.56 Å². The molecule has 0 amide bonds. The Hall–Kier alpha value is -1.01. The number of allylic oxidation sites excluding steroid dienone is 1. The average molecular weight is 210 g/mol. The second kappa shape index (κ2) is 5.02. The molecule has 0 bridgehead atoms. The topological polar surface area (TPSA) is 18.5 Å². The normalized spacial score (nSPS) is 9.64. The molecule has 0 aromatic heterocycles. The summed E-state index contributed by atoms with van der Waals surface area (Å²) in [7, 11) is 3.89. The highest BCUT2D eigenvalue weighted by atomic mass is 31.0. The van der Waals surface area contributed by atoms with Gasteiger partial charge < -0.3 is 9.26 Å². The molecule has 0 saturated heterocycles. The van der Waals surface area contributed by atoms with Crippen molar-refractivity contribution < 1.29 is 9.26 Å². The van der Waals surface area contributed by atoms with Crippen LogP contribution in [-0.4, -0.2) is 7.11 Å². The van der Waals surface area contributed by atoms with Crippen LogP contribution in [0, 0.1) is 0 Å². The Morgan fingerprint density at radius 2 is 2.21 bits per heavy atom. The first-order valence-corrected chi connectivity index (χ1v) is 4.82. The third kappa shape index (κ3) is 2.74. The number of benzene rings is 1. The van der Waals surface area contributed by atoms with Gasteiger partial charge in [0.2, 0.25) is 0 Å². The Morgan fingerprint density at radius 3 is 2.71 bits per heavy atom. The minimum absolute atomic E-state index is 0.811. The molecule has 76 valence electrons. The van der Waals surface area contributed by atoms with E-state index in [4.69, 9.17) is 9.26 Å². The molecule has 2 nitrogen and oxygen atoms in total. The highest BCUT2D eigenvalue weighted by Crippen LogP contribution is 2.26. The van der Waals surface area contributed by atoms with Crippen molar-refractivity contribution >= 4 is 9.47 Å². The van der Waals surface area contributed by atoms with Crippen LogP contribution in [0.1, 0.15) is 12.5 Å². The van der Waals surface area contributed by atoms with Gasteiger partial charge in [0.15, 0.2) is 0 Å². The van der Waals surface area contributed by atoms with Crippen molar-refractivity contribution in [2.75, 3.05) is 7.11 Å². The summed E-state index contributed by atoms with van der Waals surface area (Å²) in [5.41, 5.74) is 2.20. The van der Waals surface area contributed by atoms with Gasteiger partial charge in [-0.15, -0.1) is 0 Å². The molecule has 1 atom stereocenters. The molecule has 3 heteroatoms. The van der Waals surface area contributed by atoms with Crippen molar-refractivity contribution in [2.45, 2.75) is 13.3 Å². The van der Waals surface area contributed by atoms with E-state index in [0.717, 1.165) is 29.1 Å². The minimum atomic E-state index is 0.811. The van der Waals surface area contributed by atoms with Crippen LogP contribution < -0.4 is 9.26 Å². The minimum Gasteiger partial charge on any atom is -0.496 e. The zero-order valence-electron chi connectivity index (χ0n) is 8.54. The predicted molar refractivity (Wildman–Crippen MR) is 61.9 cm³/mol. The van der Waals surface area contributed by atoms with Gasteiger partial charge in [0.1, 0.15) is 11.5 Å². The maximum absolute atomic E-state index is 5.24. The lowest BCUT2D eigenvalue weighted by atomic mass is 10.1. The average Bonchev–Trinajstić information content (AvgIpc) is 2.16. The lowest BCUT2D eigenvalue weighted by Gasteiger charge is -2.09. The largest absolute Gasteiger partial charge is 0.496 e. The molecule has 1 aromatic rings. The molecule has 1 unspecified atom stereocenters. The van der Waals surface area contributed by atoms with Crippen molar-refractivity contribution in [1.82, 2.24) is 0 Å². The summed E-state index contributed by atoms with van der Waals surface area (Å²) in [5, 5.41) is 0. The molecule has 0 radical (unpaired) electrons. The molecule has 0 heterocycles. The number of hydrogen-bond donors (Lipinski definition) is 0. The van der Waals surface area contributed by atoms with Crippen LogP contribution in [0.5, 0.6) is 11.5 Å². The highest BCUT2D eigenvalue weighted by molar-refractivity contribution is 7.10. The van der Waals surface area contributed by atoms with Crippen molar-refractivity contribution in [3.05, 3.63) is 35.9 Å². The molecular formula is C11H15O2P. The predicted octanol–water partition coefficient (Wildman–Crippen LogP) is 2.98. The summed E-state index contributed by atoms with van der Waals surface area (Å²) in [5.74, 6) is 1.69. The first-order chi connectivity index (χ1) is 6.67. The smallest absolute Gasteiger partial charge is 0.123 e. The van der Waals surface area contributed by atoms with Crippen LogP contribution in [0.2, 0.25) is 0 Å². The van der Waals surface area contributed by atoms with Gasteiger partial charge in [-0.05, 0) is 31.5 Å². The lowest BCUT2D eigenvalue weighted by Crippen LogP contribution is -1.93. The Labute approximate surface area is 87.2 Å². The van der Waals surface area contributed by atoms with Crippen molar-refractivity contribution in [3.63, 3.8) is 0 Å². The van der Waals surface area contributed by atoms with E-state index in [0.29, 0.717) is 0 Å². The first kappa shape index (κ1) is 11.1. The van der Waals surface area contributed by atoms with E-state index >= 15 is 0 Å². The van der Waals surface area contributed by atoms with Gasteiger partial charge in [-0.3, -0.25) is 0 Å². The Balaban J connectivity index is 3.01. The highest BCUT2D eigenvalue weighted by Gasteiger charge is 2.04. The number of ether oxygens (including phenoxy) is 1. The molecule has 0 saturated carbocycles. The Bertz CT molecular complexity index is 334. The summed E-state index contributed by atoms with van der Waals surface area (Å²) in [6.45, 7) is 5.87. The fourth-order valence-corrected chi connectivity index (χ4v) is 1.44. The van der Waals surface area contributed by atoms with E-state index in [-0.39, 0.29) is 0 Å². The Kier molecular flexibility index (Phi) is 3.97. The third-order valence-electron chi connectivity index (χ3n) is 1.88. The van der Waals surface area contributed by atoms with Crippen LogP contribution in [0.25, 0.3) is 0 Å². The number of rotatable bonds is 4. The summed E-state index contributed by atoms with van der Waals surface area (Å²) in [6, 6.07) is 5.73. The molecule has 14 heavy (non-hydrogen) atoms. The molecular weight excluding hydrogens is 195 g/mol. The molecule has 0 aliphatic heterocycles. The van der Waals surface area contributed by atoms with Gasteiger partial charge in [0.05, 0.1) is 16.6 Å². The van der Waals surface area contributed by atoms with Gasteiger partial charge in [0.25, 0.3) is 0 Å². The molecule has 0 N–H and O–H groups in total. The molecule has 0 spiro atoms. The molecule has 1 aromatic carbocycles. The molecule has 1 rings (SSSR count). The van der Waals surface area contributed by atoms with E-state index in [1.54, 1.807) is 7.11 Å². The summed E-state index contributed by atoms with van der Waals surface area (Å²) < 4.78 is 10.3. The maximum atomic E-state index is 5.24. The van der Waals surface area contributed by atoms with Crippen LogP contribution in [-0.2, 0) is 6.42 Å².